The van der Waals surface area contributed by atoms with Gasteiger partial charge in [-0.3, -0.25) is 4.98 Å². The lowest BCUT2D eigenvalue weighted by Gasteiger charge is -2.04. The topological polar surface area (TPSA) is 51.8 Å². The van der Waals surface area contributed by atoms with Gasteiger partial charge in [0.15, 0.2) is 11.5 Å². The summed E-state index contributed by atoms with van der Waals surface area (Å²) in [7, 11) is 4.08. The maximum Gasteiger partial charge on any atom is 0.158 e. The van der Waals surface area contributed by atoms with E-state index in [1.54, 1.807) is 0 Å². The van der Waals surface area contributed by atoms with Gasteiger partial charge in [-0.25, -0.2) is 4.98 Å². The minimum absolute atomic E-state index is 0.338. The lowest BCUT2D eigenvalue weighted by Crippen LogP contribution is -2.17. The van der Waals surface area contributed by atoms with Crippen LogP contribution in [0.2, 0.25) is 19.6 Å². The Kier molecular flexibility index (Phi) is 2.97. The van der Waals surface area contributed by atoms with E-state index in [2.05, 4.69) is 41.1 Å². The van der Waals surface area contributed by atoms with E-state index in [0.29, 0.717) is 17.1 Å². The van der Waals surface area contributed by atoms with Crippen LogP contribution >= 0.6 is 0 Å². The van der Waals surface area contributed by atoms with Gasteiger partial charge in [-0.2, -0.15) is 0 Å². The zero-order valence-corrected chi connectivity index (χ0v) is 9.63. The van der Waals surface area contributed by atoms with Crippen molar-refractivity contribution in [2.24, 2.45) is 0 Å². The van der Waals surface area contributed by atoms with E-state index < -0.39 is 8.07 Å². The highest BCUT2D eigenvalue weighted by atomic mass is 28.3. The molecular weight excluding hydrogens is 189 g/mol. The maximum atomic E-state index is 5.60. The Morgan fingerprint density at radius 2 is 2.07 bits per heavy atom. The van der Waals surface area contributed by atoms with Crippen molar-refractivity contribution in [3.8, 4) is 11.5 Å². The van der Waals surface area contributed by atoms with Gasteiger partial charge < -0.3 is 5.73 Å². The summed E-state index contributed by atoms with van der Waals surface area (Å²) in [6.07, 6.45) is 1.43. The molecule has 0 atom stereocenters. The van der Waals surface area contributed by atoms with Crippen LogP contribution in [-0.4, -0.2) is 25.9 Å². The molecule has 0 fully saturated rings. The van der Waals surface area contributed by atoms with Gasteiger partial charge in [0.25, 0.3) is 0 Å². The van der Waals surface area contributed by atoms with Gasteiger partial charge in [-0.15, -0.1) is 5.54 Å². The van der Waals surface area contributed by atoms with Gasteiger partial charge >= 0.3 is 0 Å². The molecule has 1 aromatic rings. The number of hydrogen-bond acceptors (Lipinski definition) is 3. The fourth-order valence-electron chi connectivity index (χ4n) is 0.751. The Morgan fingerprint density at radius 3 is 2.64 bits per heavy atom. The SMILES string of the molecule is [B]c1cnc(N)c(C#C[Si](C)(C)C)n1. The predicted octanol–water partition coefficient (Wildman–Crippen LogP) is 0.0815. The maximum absolute atomic E-state index is 5.60. The molecule has 0 saturated heterocycles. The molecule has 2 radical (unpaired) electrons. The van der Waals surface area contributed by atoms with Crippen LogP contribution in [-0.2, 0) is 0 Å². The van der Waals surface area contributed by atoms with Crippen molar-refractivity contribution in [3.63, 3.8) is 0 Å². The van der Waals surface area contributed by atoms with Gasteiger partial charge in [-0.1, -0.05) is 25.6 Å². The zero-order chi connectivity index (χ0) is 10.8. The number of rotatable bonds is 0. The predicted molar refractivity (Wildman–Crippen MR) is 62.1 cm³/mol. The third-order valence-corrected chi connectivity index (χ3v) is 2.25. The largest absolute Gasteiger partial charge is 0.381 e. The van der Waals surface area contributed by atoms with Crippen LogP contribution in [0.15, 0.2) is 6.20 Å². The van der Waals surface area contributed by atoms with E-state index in [1.165, 1.54) is 6.20 Å². The van der Waals surface area contributed by atoms with Crippen molar-refractivity contribution in [2.75, 3.05) is 5.73 Å². The first-order valence-electron chi connectivity index (χ1n) is 4.30. The highest BCUT2D eigenvalue weighted by Crippen LogP contribution is 2.01. The van der Waals surface area contributed by atoms with Crippen LogP contribution in [0.3, 0.4) is 0 Å². The summed E-state index contributed by atoms with van der Waals surface area (Å²) in [5, 5.41) is 0. The normalized spacial score (nSPS) is 10.5. The fraction of sp³-hybridized carbons (Fsp3) is 0.333. The Hall–Kier alpha value is -1.28. The average molecular weight is 201 g/mol. The minimum atomic E-state index is -1.41. The summed E-state index contributed by atoms with van der Waals surface area (Å²) < 4.78 is 0. The quantitative estimate of drug-likeness (QED) is 0.477. The second-order valence-electron chi connectivity index (χ2n) is 4.03. The first-order chi connectivity index (χ1) is 6.38. The number of aromatic nitrogens is 2. The third kappa shape index (κ3) is 3.23. The molecule has 0 amide bonds. The molecule has 70 valence electrons. The molecule has 5 heteroatoms. The average Bonchev–Trinajstić information content (AvgIpc) is 2.05. The standard InChI is InChI=1S/C9H12BN3Si/c1-14(2,3)5-4-7-9(11)12-6-8(10)13-7/h6H,1-3H3,(H2,11,12). The van der Waals surface area contributed by atoms with Crippen molar-refractivity contribution in [3.05, 3.63) is 11.9 Å². The number of nitrogen functional groups attached to an aromatic ring is 1. The molecule has 0 aliphatic heterocycles. The molecule has 0 saturated carbocycles. The molecule has 1 rings (SSSR count). The lowest BCUT2D eigenvalue weighted by atomic mass is 10.1. The lowest BCUT2D eigenvalue weighted by molar-refractivity contribution is 1.22. The van der Waals surface area contributed by atoms with Gasteiger partial charge in [-0.05, 0) is 0 Å². The van der Waals surface area contributed by atoms with Crippen molar-refractivity contribution in [1.29, 1.82) is 0 Å². The third-order valence-electron chi connectivity index (χ3n) is 1.38. The van der Waals surface area contributed by atoms with Gasteiger partial charge in [0.2, 0.25) is 0 Å². The second kappa shape index (κ2) is 3.84. The summed E-state index contributed by atoms with van der Waals surface area (Å²) >= 11 is 0. The van der Waals surface area contributed by atoms with Crippen LogP contribution in [0.4, 0.5) is 5.82 Å². The fourth-order valence-corrected chi connectivity index (χ4v) is 1.24. The number of anilines is 1. The molecule has 2 N–H and O–H groups in total. The van der Waals surface area contributed by atoms with E-state index in [0.717, 1.165) is 0 Å². The molecule has 0 aliphatic rings. The molecular formula is C9H12BN3Si. The summed E-state index contributed by atoms with van der Waals surface area (Å²) in [4.78, 5) is 7.90. The summed E-state index contributed by atoms with van der Waals surface area (Å²) in [5.74, 6) is 3.26. The van der Waals surface area contributed by atoms with Crippen molar-refractivity contribution < 1.29 is 0 Å². The number of nitrogens with zero attached hydrogens (tertiary/aromatic N) is 2. The molecule has 0 unspecified atom stereocenters. The van der Waals surface area contributed by atoms with E-state index >= 15 is 0 Å². The second-order valence-corrected chi connectivity index (χ2v) is 8.78. The van der Waals surface area contributed by atoms with Crippen LogP contribution in [0.1, 0.15) is 5.69 Å². The molecule has 0 aromatic carbocycles. The van der Waals surface area contributed by atoms with E-state index in [-0.39, 0.29) is 0 Å². The summed E-state index contributed by atoms with van der Waals surface area (Å²) in [6.45, 7) is 6.45. The van der Waals surface area contributed by atoms with Gasteiger partial charge in [0.1, 0.15) is 15.9 Å². The molecule has 0 bridgehead atoms. The number of hydrogen-bond donors (Lipinski definition) is 1. The Bertz CT molecular complexity index is 401. The first-order valence-corrected chi connectivity index (χ1v) is 7.80. The Labute approximate surface area is 86.6 Å². The highest BCUT2D eigenvalue weighted by molar-refractivity contribution is 6.83. The summed E-state index contributed by atoms with van der Waals surface area (Å²) in [5.41, 5.74) is 9.59. The smallest absolute Gasteiger partial charge is 0.158 e. The monoisotopic (exact) mass is 201 g/mol. The summed E-state index contributed by atoms with van der Waals surface area (Å²) in [6, 6.07) is 0. The molecule has 1 aromatic heterocycles. The first kappa shape index (κ1) is 10.8. The molecule has 1 heterocycles. The van der Waals surface area contributed by atoms with E-state index in [4.69, 9.17) is 13.6 Å². The van der Waals surface area contributed by atoms with Crippen LogP contribution in [0, 0.1) is 11.5 Å². The molecule has 0 spiro atoms. The van der Waals surface area contributed by atoms with Crippen LogP contribution < -0.4 is 11.3 Å². The molecule has 0 aliphatic carbocycles. The highest BCUT2D eigenvalue weighted by Gasteiger charge is 2.08. The molecule has 3 nitrogen and oxygen atoms in total. The van der Waals surface area contributed by atoms with E-state index in [1.807, 2.05) is 0 Å². The Morgan fingerprint density at radius 1 is 1.43 bits per heavy atom. The van der Waals surface area contributed by atoms with Gasteiger partial charge in [0.05, 0.1) is 0 Å². The van der Waals surface area contributed by atoms with Crippen molar-refractivity contribution in [2.45, 2.75) is 19.6 Å². The van der Waals surface area contributed by atoms with Crippen molar-refractivity contribution in [1.82, 2.24) is 9.97 Å². The van der Waals surface area contributed by atoms with Crippen molar-refractivity contribution >= 4 is 27.3 Å². The minimum Gasteiger partial charge on any atom is -0.381 e. The number of nitrogens with two attached hydrogens (primary N) is 1. The zero-order valence-electron chi connectivity index (χ0n) is 8.63. The van der Waals surface area contributed by atoms with E-state index in [9.17, 15) is 0 Å². The van der Waals surface area contributed by atoms with Gasteiger partial charge in [0, 0.05) is 11.8 Å². The van der Waals surface area contributed by atoms with Crippen LogP contribution in [0.25, 0.3) is 0 Å². The Balaban J connectivity index is 3.06. The molecule has 14 heavy (non-hydrogen) atoms. The van der Waals surface area contributed by atoms with Crippen LogP contribution in [0.5, 0.6) is 0 Å².